The fourth-order valence-electron chi connectivity index (χ4n) is 1.71. The molecule has 2 rings (SSSR count). The quantitative estimate of drug-likeness (QED) is 0.900. The first kappa shape index (κ1) is 15.5. The Bertz CT molecular complexity index is 758. The van der Waals surface area contributed by atoms with E-state index in [2.05, 4.69) is 5.32 Å². The third kappa shape index (κ3) is 4.29. The molecule has 0 aliphatic heterocycles. The molecule has 110 valence electrons. The number of nitrogens with two attached hydrogens (primary N) is 1. The van der Waals surface area contributed by atoms with Crippen LogP contribution in [0.5, 0.6) is 0 Å². The molecular weight excluding hydrogens is 312 g/mol. The molecule has 0 spiro atoms. The van der Waals surface area contributed by atoms with E-state index < -0.39 is 10.0 Å². The zero-order chi connectivity index (χ0) is 15.5. The largest absolute Gasteiger partial charge is 0.348 e. The maximum atomic E-state index is 11.9. The number of primary sulfonamides is 1. The molecule has 0 aliphatic rings. The smallest absolute Gasteiger partial charge is 0.251 e. The Balaban J connectivity index is 2.02. The Labute approximate surface area is 127 Å². The van der Waals surface area contributed by atoms with Crippen molar-refractivity contribution >= 4 is 27.5 Å². The van der Waals surface area contributed by atoms with Crippen LogP contribution in [-0.4, -0.2) is 14.3 Å². The van der Waals surface area contributed by atoms with Crippen molar-refractivity contribution in [1.29, 1.82) is 0 Å². The Hall–Kier alpha value is -1.89. The second-order valence-electron chi connectivity index (χ2n) is 4.38. The van der Waals surface area contributed by atoms with E-state index in [-0.39, 0.29) is 17.3 Å². The summed E-state index contributed by atoms with van der Waals surface area (Å²) in [4.78, 5) is 11.9. The third-order valence-corrected chi connectivity index (χ3v) is 3.96. The molecule has 0 heterocycles. The summed E-state index contributed by atoms with van der Waals surface area (Å²) in [5.74, 6) is -0.256. The van der Waals surface area contributed by atoms with Crippen molar-refractivity contribution in [2.45, 2.75) is 11.4 Å². The van der Waals surface area contributed by atoms with E-state index in [1.807, 2.05) is 0 Å². The third-order valence-electron chi connectivity index (χ3n) is 2.79. The number of halogens is 1. The van der Waals surface area contributed by atoms with E-state index in [1.54, 1.807) is 36.4 Å². The van der Waals surface area contributed by atoms with Crippen LogP contribution in [0.1, 0.15) is 15.9 Å². The van der Waals surface area contributed by atoms with E-state index >= 15 is 0 Å². The molecule has 3 N–H and O–H groups in total. The molecule has 1 amide bonds. The van der Waals surface area contributed by atoms with Crippen LogP contribution >= 0.6 is 11.6 Å². The lowest BCUT2D eigenvalue weighted by atomic mass is 10.2. The van der Waals surface area contributed by atoms with Crippen molar-refractivity contribution < 1.29 is 13.2 Å². The predicted octanol–water partition coefficient (Wildman–Crippen LogP) is 1.92. The molecule has 0 bridgehead atoms. The number of rotatable bonds is 4. The number of nitrogens with one attached hydrogen (secondary N) is 1. The van der Waals surface area contributed by atoms with Gasteiger partial charge >= 0.3 is 0 Å². The number of hydrogen-bond acceptors (Lipinski definition) is 3. The lowest BCUT2D eigenvalue weighted by Gasteiger charge is -2.06. The molecule has 0 saturated heterocycles. The highest BCUT2D eigenvalue weighted by Gasteiger charge is 2.08. The van der Waals surface area contributed by atoms with Crippen LogP contribution in [0.4, 0.5) is 0 Å². The number of carbonyl (C=O) groups is 1. The average Bonchev–Trinajstić information content (AvgIpc) is 2.44. The molecule has 0 atom stereocenters. The van der Waals surface area contributed by atoms with E-state index in [0.29, 0.717) is 10.6 Å². The summed E-state index contributed by atoms with van der Waals surface area (Å²) in [6.45, 7) is 0.274. The Morgan fingerprint density at radius 1 is 1.14 bits per heavy atom. The first-order chi connectivity index (χ1) is 9.86. The predicted molar refractivity (Wildman–Crippen MR) is 80.4 cm³/mol. The molecule has 21 heavy (non-hydrogen) atoms. The van der Waals surface area contributed by atoms with Gasteiger partial charge in [-0.05, 0) is 35.9 Å². The van der Waals surface area contributed by atoms with Crippen LogP contribution < -0.4 is 10.5 Å². The first-order valence-corrected chi connectivity index (χ1v) is 7.94. The Morgan fingerprint density at radius 3 is 2.38 bits per heavy atom. The van der Waals surface area contributed by atoms with Gasteiger partial charge < -0.3 is 5.32 Å². The lowest BCUT2D eigenvalue weighted by molar-refractivity contribution is 0.0951. The van der Waals surface area contributed by atoms with Crippen LogP contribution in [0.15, 0.2) is 53.4 Å². The SMILES string of the molecule is NS(=O)(=O)c1ccc(CNC(=O)c2cccc(Cl)c2)cc1. The van der Waals surface area contributed by atoms with Crippen molar-refractivity contribution in [2.75, 3.05) is 0 Å². The summed E-state index contributed by atoms with van der Waals surface area (Å²) in [6, 6.07) is 12.6. The lowest BCUT2D eigenvalue weighted by Crippen LogP contribution is -2.22. The molecule has 5 nitrogen and oxygen atoms in total. The Kier molecular flexibility index (Phi) is 4.62. The van der Waals surface area contributed by atoms with Gasteiger partial charge in [-0.3, -0.25) is 4.79 Å². The maximum absolute atomic E-state index is 11.9. The van der Waals surface area contributed by atoms with E-state index in [9.17, 15) is 13.2 Å². The maximum Gasteiger partial charge on any atom is 0.251 e. The van der Waals surface area contributed by atoms with Crippen LogP contribution in [0.25, 0.3) is 0 Å². The topological polar surface area (TPSA) is 89.3 Å². The number of amides is 1. The molecule has 2 aromatic carbocycles. The van der Waals surface area contributed by atoms with Gasteiger partial charge in [0.15, 0.2) is 0 Å². The van der Waals surface area contributed by atoms with E-state index in [4.69, 9.17) is 16.7 Å². The van der Waals surface area contributed by atoms with Crippen LogP contribution in [0.2, 0.25) is 5.02 Å². The minimum Gasteiger partial charge on any atom is -0.348 e. The zero-order valence-electron chi connectivity index (χ0n) is 10.9. The molecule has 2 aromatic rings. The van der Waals surface area contributed by atoms with Crippen molar-refractivity contribution in [1.82, 2.24) is 5.32 Å². The second kappa shape index (κ2) is 6.26. The van der Waals surface area contributed by atoms with E-state index in [0.717, 1.165) is 5.56 Å². The van der Waals surface area contributed by atoms with Crippen molar-refractivity contribution in [2.24, 2.45) is 5.14 Å². The average molecular weight is 325 g/mol. The summed E-state index contributed by atoms with van der Waals surface area (Å²) in [6.07, 6.45) is 0. The fraction of sp³-hybridized carbons (Fsp3) is 0.0714. The highest BCUT2D eigenvalue weighted by molar-refractivity contribution is 7.89. The fourth-order valence-corrected chi connectivity index (χ4v) is 2.42. The minimum absolute atomic E-state index is 0.0346. The number of hydrogen-bond donors (Lipinski definition) is 2. The second-order valence-corrected chi connectivity index (χ2v) is 6.38. The van der Waals surface area contributed by atoms with Gasteiger partial charge in [-0.25, -0.2) is 13.6 Å². The normalized spacial score (nSPS) is 11.1. The molecule has 0 aromatic heterocycles. The number of carbonyl (C=O) groups excluding carboxylic acids is 1. The van der Waals surface area contributed by atoms with Crippen LogP contribution in [0.3, 0.4) is 0 Å². The molecule has 0 fully saturated rings. The summed E-state index contributed by atoms with van der Waals surface area (Å²) in [7, 11) is -3.70. The zero-order valence-corrected chi connectivity index (χ0v) is 12.5. The van der Waals surface area contributed by atoms with Gasteiger partial charge in [0, 0.05) is 17.1 Å². The number of sulfonamides is 1. The summed E-state index contributed by atoms with van der Waals surface area (Å²) in [5.41, 5.74) is 1.22. The summed E-state index contributed by atoms with van der Waals surface area (Å²) >= 11 is 5.82. The van der Waals surface area contributed by atoms with Gasteiger partial charge in [-0.2, -0.15) is 0 Å². The van der Waals surface area contributed by atoms with Crippen molar-refractivity contribution in [3.05, 3.63) is 64.7 Å². The molecule has 0 unspecified atom stereocenters. The molecule has 0 saturated carbocycles. The van der Waals surface area contributed by atoms with Crippen molar-refractivity contribution in [3.8, 4) is 0 Å². The minimum atomic E-state index is -3.70. The monoisotopic (exact) mass is 324 g/mol. The Morgan fingerprint density at radius 2 is 1.81 bits per heavy atom. The van der Waals surface area contributed by atoms with E-state index in [1.165, 1.54) is 12.1 Å². The molecule has 0 radical (unpaired) electrons. The number of benzene rings is 2. The molecule has 0 aliphatic carbocycles. The highest BCUT2D eigenvalue weighted by atomic mass is 35.5. The highest BCUT2D eigenvalue weighted by Crippen LogP contribution is 2.11. The van der Waals surface area contributed by atoms with Gasteiger partial charge in [0.2, 0.25) is 10.0 Å². The van der Waals surface area contributed by atoms with Gasteiger partial charge in [-0.15, -0.1) is 0 Å². The van der Waals surface area contributed by atoms with Crippen LogP contribution in [0, 0.1) is 0 Å². The van der Waals surface area contributed by atoms with Gasteiger partial charge in [-0.1, -0.05) is 29.8 Å². The standard InChI is InChI=1S/C14H13ClN2O3S/c15-12-3-1-2-11(8-12)14(18)17-9-10-4-6-13(7-5-10)21(16,19)20/h1-8H,9H2,(H,17,18)(H2,16,19,20). The summed E-state index contributed by atoms with van der Waals surface area (Å²) < 4.78 is 22.2. The summed E-state index contributed by atoms with van der Waals surface area (Å²) in [5, 5.41) is 8.22. The van der Waals surface area contributed by atoms with Gasteiger partial charge in [0.25, 0.3) is 5.91 Å². The molecular formula is C14H13ClN2O3S. The van der Waals surface area contributed by atoms with Crippen LogP contribution in [-0.2, 0) is 16.6 Å². The van der Waals surface area contributed by atoms with Gasteiger partial charge in [0.1, 0.15) is 0 Å². The van der Waals surface area contributed by atoms with Gasteiger partial charge in [0.05, 0.1) is 4.90 Å². The van der Waals surface area contributed by atoms with Crippen molar-refractivity contribution in [3.63, 3.8) is 0 Å². The molecule has 7 heteroatoms. The first-order valence-electron chi connectivity index (χ1n) is 6.02.